The van der Waals surface area contributed by atoms with Crippen molar-refractivity contribution >= 4 is 29.8 Å². The van der Waals surface area contributed by atoms with Gasteiger partial charge in [-0.1, -0.05) is 17.7 Å². The Morgan fingerprint density at radius 1 is 1.38 bits per heavy atom. The second-order valence-corrected chi connectivity index (χ2v) is 5.56. The van der Waals surface area contributed by atoms with Crippen LogP contribution in [-0.2, 0) is 4.79 Å². The van der Waals surface area contributed by atoms with Gasteiger partial charge in [0.15, 0.2) is 0 Å². The highest BCUT2D eigenvalue weighted by atomic mass is 35.5. The van der Waals surface area contributed by atoms with Crippen molar-refractivity contribution in [2.45, 2.75) is 17.7 Å². The molecule has 2 rings (SSSR count). The molecule has 1 heterocycles. The van der Waals surface area contributed by atoms with Crippen LogP contribution in [-0.4, -0.2) is 23.7 Å². The van der Waals surface area contributed by atoms with Crippen LogP contribution in [0.3, 0.4) is 0 Å². The van der Waals surface area contributed by atoms with E-state index in [2.05, 4.69) is 10.4 Å². The average molecular weight is 256 g/mol. The third-order valence-electron chi connectivity index (χ3n) is 2.72. The molecule has 0 radical (unpaired) electrons. The van der Waals surface area contributed by atoms with Gasteiger partial charge >= 0.3 is 0 Å². The maximum atomic E-state index is 10.6. The number of piperidine rings is 1. The summed E-state index contributed by atoms with van der Waals surface area (Å²) in [6.45, 7) is 1.95. The van der Waals surface area contributed by atoms with E-state index >= 15 is 0 Å². The first-order chi connectivity index (χ1) is 7.78. The van der Waals surface area contributed by atoms with Crippen molar-refractivity contribution in [2.75, 3.05) is 13.1 Å². The molecule has 0 unspecified atom stereocenters. The maximum Gasteiger partial charge on any atom is 0.123 e. The smallest absolute Gasteiger partial charge is 0.123 e. The van der Waals surface area contributed by atoms with Crippen molar-refractivity contribution in [1.29, 1.82) is 0 Å². The molecule has 0 saturated carbocycles. The van der Waals surface area contributed by atoms with Crippen LogP contribution < -0.4 is 0 Å². The van der Waals surface area contributed by atoms with E-state index in [4.69, 9.17) is 11.6 Å². The standard InChI is InChI=1S/C12H14ClNOS/c13-11-2-1-3-12(8-11)16-14-6-4-10(9-15)5-7-14/h1-3,8-10H,4-7H2. The molecule has 0 bridgehead atoms. The maximum absolute atomic E-state index is 10.6. The molecule has 0 N–H and O–H groups in total. The van der Waals surface area contributed by atoms with Crippen LogP contribution in [0.15, 0.2) is 29.2 Å². The third kappa shape index (κ3) is 3.24. The predicted molar refractivity (Wildman–Crippen MR) is 67.7 cm³/mol. The van der Waals surface area contributed by atoms with Crippen molar-refractivity contribution < 1.29 is 4.79 Å². The topological polar surface area (TPSA) is 20.3 Å². The van der Waals surface area contributed by atoms with Gasteiger partial charge in [0.2, 0.25) is 0 Å². The zero-order valence-electron chi connectivity index (χ0n) is 8.93. The van der Waals surface area contributed by atoms with Gasteiger partial charge in [-0.2, -0.15) is 0 Å². The average Bonchev–Trinajstić information content (AvgIpc) is 2.30. The molecule has 1 aliphatic rings. The SMILES string of the molecule is O=CC1CCN(Sc2cccc(Cl)c2)CC1. The molecule has 0 aromatic heterocycles. The van der Waals surface area contributed by atoms with E-state index in [-0.39, 0.29) is 5.92 Å². The minimum Gasteiger partial charge on any atom is -0.303 e. The second-order valence-electron chi connectivity index (χ2n) is 3.95. The van der Waals surface area contributed by atoms with E-state index in [0.717, 1.165) is 42.1 Å². The van der Waals surface area contributed by atoms with E-state index < -0.39 is 0 Å². The summed E-state index contributed by atoms with van der Waals surface area (Å²) in [6.07, 6.45) is 3.02. The van der Waals surface area contributed by atoms with Crippen molar-refractivity contribution in [3.63, 3.8) is 0 Å². The largest absolute Gasteiger partial charge is 0.303 e. The minimum absolute atomic E-state index is 0.260. The summed E-state index contributed by atoms with van der Waals surface area (Å²) < 4.78 is 2.30. The van der Waals surface area contributed by atoms with E-state index in [1.165, 1.54) is 0 Å². The Morgan fingerprint density at radius 2 is 2.12 bits per heavy atom. The van der Waals surface area contributed by atoms with Crippen LogP contribution in [0, 0.1) is 5.92 Å². The molecule has 1 fully saturated rings. The first-order valence-corrected chi connectivity index (χ1v) is 6.57. The number of benzene rings is 1. The summed E-state index contributed by atoms with van der Waals surface area (Å²) in [6, 6.07) is 7.87. The van der Waals surface area contributed by atoms with E-state index in [9.17, 15) is 4.79 Å². The molecular formula is C12H14ClNOS. The fraction of sp³-hybridized carbons (Fsp3) is 0.417. The van der Waals surface area contributed by atoms with Gasteiger partial charge < -0.3 is 4.79 Å². The van der Waals surface area contributed by atoms with Crippen LogP contribution >= 0.6 is 23.5 Å². The quantitative estimate of drug-likeness (QED) is 0.611. The lowest BCUT2D eigenvalue weighted by atomic mass is 10.0. The lowest BCUT2D eigenvalue weighted by Gasteiger charge is -2.28. The fourth-order valence-electron chi connectivity index (χ4n) is 1.78. The van der Waals surface area contributed by atoms with Crippen LogP contribution in [0.1, 0.15) is 12.8 Å². The first kappa shape index (κ1) is 12.0. The molecule has 86 valence electrons. The molecule has 0 amide bonds. The molecule has 0 aliphatic carbocycles. The minimum atomic E-state index is 0.260. The highest BCUT2D eigenvalue weighted by Crippen LogP contribution is 2.28. The monoisotopic (exact) mass is 255 g/mol. The molecule has 1 aromatic carbocycles. The van der Waals surface area contributed by atoms with Crippen LogP contribution in [0.25, 0.3) is 0 Å². The highest BCUT2D eigenvalue weighted by Gasteiger charge is 2.19. The molecular weight excluding hydrogens is 242 g/mol. The zero-order valence-corrected chi connectivity index (χ0v) is 10.5. The Bertz CT molecular complexity index is 364. The number of hydrogen-bond acceptors (Lipinski definition) is 3. The summed E-state index contributed by atoms with van der Waals surface area (Å²) in [5, 5.41) is 0.771. The van der Waals surface area contributed by atoms with Gasteiger partial charge in [-0.3, -0.25) is 0 Å². The van der Waals surface area contributed by atoms with Gasteiger partial charge in [0, 0.05) is 28.9 Å². The molecule has 2 nitrogen and oxygen atoms in total. The first-order valence-electron chi connectivity index (χ1n) is 5.42. The summed E-state index contributed by atoms with van der Waals surface area (Å²) in [5.41, 5.74) is 0. The lowest BCUT2D eigenvalue weighted by molar-refractivity contribution is -0.112. The van der Waals surface area contributed by atoms with E-state index in [1.807, 2.05) is 18.2 Å². The Balaban J connectivity index is 1.89. The number of halogens is 1. The van der Waals surface area contributed by atoms with Gasteiger partial charge in [-0.05, 0) is 43.0 Å². The Labute approximate surface area is 105 Å². The number of nitrogens with zero attached hydrogens (tertiary/aromatic N) is 1. The van der Waals surface area contributed by atoms with E-state index in [1.54, 1.807) is 11.9 Å². The fourth-order valence-corrected chi connectivity index (χ4v) is 3.04. The highest BCUT2D eigenvalue weighted by molar-refractivity contribution is 7.97. The molecule has 1 aromatic rings. The molecule has 1 saturated heterocycles. The number of carbonyl (C=O) groups excluding carboxylic acids is 1. The summed E-state index contributed by atoms with van der Waals surface area (Å²) >= 11 is 7.65. The molecule has 0 atom stereocenters. The van der Waals surface area contributed by atoms with Crippen LogP contribution in [0.5, 0.6) is 0 Å². The lowest BCUT2D eigenvalue weighted by Crippen LogP contribution is -2.28. The molecule has 4 heteroatoms. The Hall–Kier alpha value is -0.510. The summed E-state index contributed by atoms with van der Waals surface area (Å²) in [7, 11) is 0. The third-order valence-corrected chi connectivity index (χ3v) is 4.04. The Kier molecular flexibility index (Phi) is 4.27. The van der Waals surface area contributed by atoms with Gasteiger partial charge in [-0.25, -0.2) is 4.31 Å². The van der Waals surface area contributed by atoms with Gasteiger partial charge in [0.05, 0.1) is 0 Å². The van der Waals surface area contributed by atoms with Gasteiger partial charge in [0.25, 0.3) is 0 Å². The summed E-state index contributed by atoms with van der Waals surface area (Å²) in [5.74, 6) is 0.260. The molecule has 0 spiro atoms. The van der Waals surface area contributed by atoms with Crippen LogP contribution in [0.2, 0.25) is 5.02 Å². The number of carbonyl (C=O) groups is 1. The van der Waals surface area contributed by atoms with Crippen molar-refractivity contribution in [1.82, 2.24) is 4.31 Å². The normalized spacial score (nSPS) is 18.6. The predicted octanol–water partition coefficient (Wildman–Crippen LogP) is 3.26. The van der Waals surface area contributed by atoms with E-state index in [0.29, 0.717) is 0 Å². The number of aldehydes is 1. The van der Waals surface area contributed by atoms with Crippen molar-refractivity contribution in [2.24, 2.45) is 5.92 Å². The second kappa shape index (κ2) is 5.71. The van der Waals surface area contributed by atoms with Crippen molar-refractivity contribution in [3.8, 4) is 0 Å². The Morgan fingerprint density at radius 3 is 2.75 bits per heavy atom. The van der Waals surface area contributed by atoms with Gasteiger partial charge in [0.1, 0.15) is 6.29 Å². The van der Waals surface area contributed by atoms with Crippen molar-refractivity contribution in [3.05, 3.63) is 29.3 Å². The summed E-state index contributed by atoms with van der Waals surface area (Å²) in [4.78, 5) is 11.8. The number of rotatable bonds is 3. The number of hydrogen-bond donors (Lipinski definition) is 0. The molecule has 16 heavy (non-hydrogen) atoms. The van der Waals surface area contributed by atoms with Crippen LogP contribution in [0.4, 0.5) is 0 Å². The molecule has 1 aliphatic heterocycles. The van der Waals surface area contributed by atoms with Gasteiger partial charge in [-0.15, -0.1) is 0 Å². The zero-order chi connectivity index (χ0) is 11.4.